The van der Waals surface area contributed by atoms with Crippen LogP contribution in [0.1, 0.15) is 18.4 Å². The second kappa shape index (κ2) is 4.36. The molecule has 0 bridgehead atoms. The molecule has 0 atom stereocenters. The SMILES string of the molecule is Clc1ccc2scc(CCNC3CC3)c2c1. The van der Waals surface area contributed by atoms with Crippen LogP contribution in [0.2, 0.25) is 5.02 Å². The first kappa shape index (κ1) is 10.6. The van der Waals surface area contributed by atoms with E-state index < -0.39 is 0 Å². The molecule has 1 nitrogen and oxygen atoms in total. The Kier molecular flexibility index (Phi) is 2.88. The Hall–Kier alpha value is -0.570. The first-order valence-corrected chi connectivity index (χ1v) is 6.98. The van der Waals surface area contributed by atoms with Crippen LogP contribution >= 0.6 is 22.9 Å². The minimum atomic E-state index is 0.800. The molecule has 0 saturated heterocycles. The normalized spacial score (nSPS) is 15.8. The van der Waals surface area contributed by atoms with E-state index >= 15 is 0 Å². The van der Waals surface area contributed by atoms with Crippen molar-refractivity contribution < 1.29 is 0 Å². The van der Waals surface area contributed by atoms with Gasteiger partial charge < -0.3 is 5.32 Å². The predicted molar refractivity (Wildman–Crippen MR) is 71.6 cm³/mol. The summed E-state index contributed by atoms with van der Waals surface area (Å²) in [5.74, 6) is 0. The summed E-state index contributed by atoms with van der Waals surface area (Å²) in [7, 11) is 0. The van der Waals surface area contributed by atoms with Gasteiger partial charge in [-0.05, 0) is 60.3 Å². The van der Waals surface area contributed by atoms with Gasteiger partial charge in [-0.3, -0.25) is 0 Å². The molecule has 1 aliphatic rings. The second-order valence-corrected chi connectivity index (χ2v) is 5.73. The minimum Gasteiger partial charge on any atom is -0.314 e. The molecule has 0 amide bonds. The lowest BCUT2D eigenvalue weighted by atomic mass is 10.1. The molecule has 0 unspecified atom stereocenters. The van der Waals surface area contributed by atoms with Crippen molar-refractivity contribution in [3.05, 3.63) is 34.2 Å². The first-order valence-electron chi connectivity index (χ1n) is 5.72. The molecule has 3 rings (SSSR count). The van der Waals surface area contributed by atoms with E-state index in [9.17, 15) is 0 Å². The van der Waals surface area contributed by atoms with Gasteiger partial charge in [0, 0.05) is 15.8 Å². The molecule has 3 heteroatoms. The highest BCUT2D eigenvalue weighted by molar-refractivity contribution is 7.17. The van der Waals surface area contributed by atoms with Gasteiger partial charge in [0.1, 0.15) is 0 Å². The van der Waals surface area contributed by atoms with E-state index in [-0.39, 0.29) is 0 Å². The zero-order valence-electron chi connectivity index (χ0n) is 9.00. The van der Waals surface area contributed by atoms with Crippen LogP contribution in [0.4, 0.5) is 0 Å². The zero-order chi connectivity index (χ0) is 11.0. The Morgan fingerprint density at radius 3 is 3.06 bits per heavy atom. The molecule has 16 heavy (non-hydrogen) atoms. The number of rotatable bonds is 4. The van der Waals surface area contributed by atoms with Crippen LogP contribution < -0.4 is 5.32 Å². The van der Waals surface area contributed by atoms with Crippen LogP contribution in [0.15, 0.2) is 23.6 Å². The van der Waals surface area contributed by atoms with Gasteiger partial charge in [0.25, 0.3) is 0 Å². The fraction of sp³-hybridized carbons (Fsp3) is 0.385. The van der Waals surface area contributed by atoms with Crippen molar-refractivity contribution in [3.8, 4) is 0 Å². The number of hydrogen-bond donors (Lipinski definition) is 1. The van der Waals surface area contributed by atoms with Crippen LogP contribution in [-0.2, 0) is 6.42 Å². The minimum absolute atomic E-state index is 0.800. The molecule has 1 N–H and O–H groups in total. The molecule has 0 spiro atoms. The largest absolute Gasteiger partial charge is 0.314 e. The van der Waals surface area contributed by atoms with E-state index in [4.69, 9.17) is 11.6 Å². The predicted octanol–water partition coefficient (Wildman–Crippen LogP) is 3.85. The van der Waals surface area contributed by atoms with Gasteiger partial charge in [0.05, 0.1) is 0 Å². The molecule has 0 radical (unpaired) electrons. The third-order valence-electron chi connectivity index (χ3n) is 3.02. The van der Waals surface area contributed by atoms with Crippen LogP contribution in [-0.4, -0.2) is 12.6 Å². The van der Waals surface area contributed by atoms with Crippen molar-refractivity contribution in [1.82, 2.24) is 5.32 Å². The molecule has 1 saturated carbocycles. The molecular formula is C13H14ClNS. The van der Waals surface area contributed by atoms with Crippen molar-refractivity contribution in [2.45, 2.75) is 25.3 Å². The van der Waals surface area contributed by atoms with Crippen molar-refractivity contribution in [3.63, 3.8) is 0 Å². The summed E-state index contributed by atoms with van der Waals surface area (Å²) in [5.41, 5.74) is 1.43. The van der Waals surface area contributed by atoms with E-state index in [0.717, 1.165) is 24.0 Å². The Balaban J connectivity index is 1.76. The highest BCUT2D eigenvalue weighted by Crippen LogP contribution is 2.29. The summed E-state index contributed by atoms with van der Waals surface area (Å²) in [6.45, 7) is 1.09. The molecule has 84 valence electrons. The van der Waals surface area contributed by atoms with Gasteiger partial charge >= 0.3 is 0 Å². The summed E-state index contributed by atoms with van der Waals surface area (Å²) >= 11 is 7.84. The van der Waals surface area contributed by atoms with E-state index in [1.54, 1.807) is 0 Å². The molecule has 0 aliphatic heterocycles. The maximum Gasteiger partial charge on any atom is 0.0413 e. The highest BCUT2D eigenvalue weighted by atomic mass is 35.5. The number of hydrogen-bond acceptors (Lipinski definition) is 2. The molecule has 1 fully saturated rings. The number of benzene rings is 1. The zero-order valence-corrected chi connectivity index (χ0v) is 10.6. The van der Waals surface area contributed by atoms with Gasteiger partial charge in [-0.2, -0.15) is 0 Å². The Morgan fingerprint density at radius 2 is 2.25 bits per heavy atom. The van der Waals surface area contributed by atoms with E-state index in [1.165, 1.54) is 28.5 Å². The first-order chi connectivity index (χ1) is 7.83. The van der Waals surface area contributed by atoms with Gasteiger partial charge in [0.2, 0.25) is 0 Å². The van der Waals surface area contributed by atoms with Gasteiger partial charge in [0.15, 0.2) is 0 Å². The maximum atomic E-state index is 6.03. The van der Waals surface area contributed by atoms with Crippen molar-refractivity contribution in [1.29, 1.82) is 0 Å². The summed E-state index contributed by atoms with van der Waals surface area (Å²) in [4.78, 5) is 0. The second-order valence-electron chi connectivity index (χ2n) is 4.38. The third-order valence-corrected chi connectivity index (χ3v) is 4.27. The number of nitrogens with one attached hydrogen (secondary N) is 1. The summed E-state index contributed by atoms with van der Waals surface area (Å²) in [5, 5.41) is 7.97. The molecule has 1 heterocycles. The summed E-state index contributed by atoms with van der Waals surface area (Å²) in [6, 6.07) is 6.96. The molecular weight excluding hydrogens is 238 g/mol. The van der Waals surface area contributed by atoms with E-state index in [1.807, 2.05) is 17.4 Å². The fourth-order valence-electron chi connectivity index (χ4n) is 1.95. The lowest BCUT2D eigenvalue weighted by Gasteiger charge is -2.02. The lowest BCUT2D eigenvalue weighted by molar-refractivity contribution is 0.684. The fourth-order valence-corrected chi connectivity index (χ4v) is 3.10. The van der Waals surface area contributed by atoms with Crippen molar-refractivity contribution in [2.75, 3.05) is 6.54 Å². The van der Waals surface area contributed by atoms with Crippen LogP contribution in [0.3, 0.4) is 0 Å². The quantitative estimate of drug-likeness (QED) is 0.871. The van der Waals surface area contributed by atoms with Gasteiger partial charge in [-0.15, -0.1) is 11.3 Å². The Labute approximate surface area is 104 Å². The van der Waals surface area contributed by atoms with Gasteiger partial charge in [-0.1, -0.05) is 11.6 Å². The molecule has 1 aliphatic carbocycles. The number of thiophene rings is 1. The van der Waals surface area contributed by atoms with Crippen molar-refractivity contribution in [2.24, 2.45) is 0 Å². The topological polar surface area (TPSA) is 12.0 Å². The summed E-state index contributed by atoms with van der Waals surface area (Å²) < 4.78 is 1.34. The van der Waals surface area contributed by atoms with E-state index in [0.29, 0.717) is 0 Å². The average Bonchev–Trinajstić information content (AvgIpc) is 3.01. The average molecular weight is 252 g/mol. The number of halogens is 1. The smallest absolute Gasteiger partial charge is 0.0413 e. The molecule has 2 aromatic rings. The monoisotopic (exact) mass is 251 g/mol. The van der Waals surface area contributed by atoms with Gasteiger partial charge in [-0.25, -0.2) is 0 Å². The van der Waals surface area contributed by atoms with Crippen LogP contribution in [0, 0.1) is 0 Å². The van der Waals surface area contributed by atoms with Crippen LogP contribution in [0.25, 0.3) is 10.1 Å². The molecule has 1 aromatic heterocycles. The van der Waals surface area contributed by atoms with E-state index in [2.05, 4.69) is 22.8 Å². The summed E-state index contributed by atoms with van der Waals surface area (Å²) in [6.07, 6.45) is 3.82. The Morgan fingerprint density at radius 1 is 1.38 bits per heavy atom. The van der Waals surface area contributed by atoms with Crippen molar-refractivity contribution >= 4 is 33.0 Å². The standard InChI is InChI=1S/C13H14ClNS/c14-10-1-4-13-12(7-10)9(8-16-13)5-6-15-11-2-3-11/h1,4,7-8,11,15H,2-3,5-6H2. The highest BCUT2D eigenvalue weighted by Gasteiger charge is 2.19. The maximum absolute atomic E-state index is 6.03. The Bertz CT molecular complexity index is 502. The molecule has 1 aromatic carbocycles. The lowest BCUT2D eigenvalue weighted by Crippen LogP contribution is -2.19. The number of fused-ring (bicyclic) bond motifs is 1. The van der Waals surface area contributed by atoms with Crippen LogP contribution in [0.5, 0.6) is 0 Å². The third kappa shape index (κ3) is 2.24.